The van der Waals surface area contributed by atoms with Crippen LogP contribution in [0.25, 0.3) is 0 Å². The zero-order chi connectivity index (χ0) is 13.3. The molecule has 1 heterocycles. The molecule has 0 aliphatic carbocycles. The first-order valence-corrected chi connectivity index (χ1v) is 6.00. The van der Waals surface area contributed by atoms with Crippen molar-refractivity contribution in [1.82, 2.24) is 4.98 Å². The second-order valence-corrected chi connectivity index (χ2v) is 3.84. The van der Waals surface area contributed by atoms with Crippen LogP contribution in [0.2, 0.25) is 0 Å². The third-order valence-electron chi connectivity index (χ3n) is 2.49. The molecular weight excluding hydrogens is 240 g/mol. The average Bonchev–Trinajstić information content (AvgIpc) is 2.48. The third-order valence-corrected chi connectivity index (χ3v) is 2.49. The van der Waals surface area contributed by atoms with Crippen LogP contribution in [0.15, 0.2) is 48.7 Å². The van der Waals surface area contributed by atoms with Crippen molar-refractivity contribution < 1.29 is 9.47 Å². The van der Waals surface area contributed by atoms with Gasteiger partial charge in [0.15, 0.2) is 0 Å². The summed E-state index contributed by atoms with van der Waals surface area (Å²) < 4.78 is 11.0. The van der Waals surface area contributed by atoms with E-state index in [0.717, 1.165) is 11.3 Å². The molecule has 0 amide bonds. The van der Waals surface area contributed by atoms with Crippen LogP contribution in [0.5, 0.6) is 5.75 Å². The Kier molecular flexibility index (Phi) is 4.91. The van der Waals surface area contributed by atoms with Gasteiger partial charge in [0, 0.05) is 11.8 Å². The van der Waals surface area contributed by atoms with Crippen molar-refractivity contribution in [3.63, 3.8) is 0 Å². The molecule has 2 aromatic rings. The Bertz CT molecular complexity index is 550. The summed E-state index contributed by atoms with van der Waals surface area (Å²) >= 11 is 0. The Morgan fingerprint density at radius 1 is 1.05 bits per heavy atom. The van der Waals surface area contributed by atoms with E-state index in [1.54, 1.807) is 12.3 Å². The SMILES string of the molecule is N#Cc1ncccc1COCCOc1ccccc1. The van der Waals surface area contributed by atoms with E-state index < -0.39 is 0 Å². The molecule has 19 heavy (non-hydrogen) atoms. The minimum atomic E-state index is 0.370. The molecule has 2 rings (SSSR count). The number of pyridine rings is 1. The lowest BCUT2D eigenvalue weighted by Gasteiger charge is -2.07. The Hall–Kier alpha value is -2.38. The monoisotopic (exact) mass is 254 g/mol. The van der Waals surface area contributed by atoms with Gasteiger partial charge in [0.25, 0.3) is 0 Å². The zero-order valence-electron chi connectivity index (χ0n) is 10.5. The summed E-state index contributed by atoms with van der Waals surface area (Å²) in [5.41, 5.74) is 1.20. The Balaban J connectivity index is 1.71. The van der Waals surface area contributed by atoms with E-state index in [2.05, 4.69) is 4.98 Å². The van der Waals surface area contributed by atoms with E-state index in [1.165, 1.54) is 0 Å². The van der Waals surface area contributed by atoms with E-state index in [0.29, 0.717) is 25.5 Å². The van der Waals surface area contributed by atoms with Crippen molar-refractivity contribution in [1.29, 1.82) is 5.26 Å². The summed E-state index contributed by atoms with van der Waals surface area (Å²) in [6.45, 7) is 1.32. The number of nitrogens with zero attached hydrogens (tertiary/aromatic N) is 2. The fourth-order valence-electron chi connectivity index (χ4n) is 1.57. The first-order valence-electron chi connectivity index (χ1n) is 6.00. The number of rotatable bonds is 6. The summed E-state index contributed by atoms with van der Waals surface area (Å²) in [6, 6.07) is 15.2. The molecule has 0 spiro atoms. The highest BCUT2D eigenvalue weighted by molar-refractivity contribution is 5.29. The van der Waals surface area contributed by atoms with Crippen molar-refractivity contribution in [3.8, 4) is 11.8 Å². The molecule has 0 saturated heterocycles. The predicted octanol–water partition coefficient (Wildman–Crippen LogP) is 2.55. The molecule has 0 fully saturated rings. The highest BCUT2D eigenvalue weighted by Crippen LogP contribution is 2.08. The number of aromatic nitrogens is 1. The molecule has 0 saturated carbocycles. The van der Waals surface area contributed by atoms with Gasteiger partial charge in [-0.1, -0.05) is 24.3 Å². The van der Waals surface area contributed by atoms with Gasteiger partial charge in [-0.25, -0.2) is 4.98 Å². The van der Waals surface area contributed by atoms with Crippen LogP contribution in [0, 0.1) is 11.3 Å². The van der Waals surface area contributed by atoms with Gasteiger partial charge in [0.1, 0.15) is 24.1 Å². The van der Waals surface area contributed by atoms with Crippen molar-refractivity contribution in [2.45, 2.75) is 6.61 Å². The first-order chi connectivity index (χ1) is 9.40. The summed E-state index contributed by atoms with van der Waals surface area (Å²) in [7, 11) is 0. The van der Waals surface area contributed by atoms with Crippen LogP contribution < -0.4 is 4.74 Å². The molecule has 0 radical (unpaired) electrons. The fraction of sp³-hybridized carbons (Fsp3) is 0.200. The highest BCUT2D eigenvalue weighted by atomic mass is 16.5. The zero-order valence-corrected chi connectivity index (χ0v) is 10.5. The molecule has 0 atom stereocenters. The van der Waals surface area contributed by atoms with Gasteiger partial charge in [-0.3, -0.25) is 0 Å². The average molecular weight is 254 g/mol. The van der Waals surface area contributed by atoms with Crippen molar-refractivity contribution in [3.05, 3.63) is 59.9 Å². The maximum absolute atomic E-state index is 8.88. The molecule has 96 valence electrons. The summed E-state index contributed by atoms with van der Waals surface area (Å²) in [4.78, 5) is 3.97. The van der Waals surface area contributed by atoms with Crippen molar-refractivity contribution in [2.75, 3.05) is 13.2 Å². The normalized spacial score (nSPS) is 9.84. The van der Waals surface area contributed by atoms with Crippen LogP contribution in [0.1, 0.15) is 11.3 Å². The molecule has 0 aliphatic rings. The maximum Gasteiger partial charge on any atom is 0.145 e. The molecule has 4 heteroatoms. The van der Waals surface area contributed by atoms with E-state index in [4.69, 9.17) is 14.7 Å². The Morgan fingerprint density at radius 3 is 2.68 bits per heavy atom. The van der Waals surface area contributed by atoms with Gasteiger partial charge in [-0.15, -0.1) is 0 Å². The number of hydrogen-bond donors (Lipinski definition) is 0. The van der Waals surface area contributed by atoms with Gasteiger partial charge in [0.05, 0.1) is 13.2 Å². The van der Waals surface area contributed by atoms with Crippen molar-refractivity contribution in [2.24, 2.45) is 0 Å². The predicted molar refractivity (Wildman–Crippen MR) is 70.5 cm³/mol. The second kappa shape index (κ2) is 7.14. The van der Waals surface area contributed by atoms with E-state index >= 15 is 0 Å². The smallest absolute Gasteiger partial charge is 0.145 e. The van der Waals surface area contributed by atoms with Gasteiger partial charge >= 0.3 is 0 Å². The van der Waals surface area contributed by atoms with Gasteiger partial charge in [-0.2, -0.15) is 5.26 Å². The second-order valence-electron chi connectivity index (χ2n) is 3.84. The number of benzene rings is 1. The lowest BCUT2D eigenvalue weighted by atomic mass is 10.2. The van der Waals surface area contributed by atoms with Gasteiger partial charge in [0.2, 0.25) is 0 Å². The minimum absolute atomic E-state index is 0.370. The molecule has 1 aromatic heterocycles. The number of hydrogen-bond acceptors (Lipinski definition) is 4. The van der Waals surface area contributed by atoms with E-state index in [9.17, 15) is 0 Å². The van der Waals surface area contributed by atoms with Crippen LogP contribution in [0.4, 0.5) is 0 Å². The number of ether oxygens (including phenoxy) is 2. The number of para-hydroxylation sites is 1. The minimum Gasteiger partial charge on any atom is -0.491 e. The van der Waals surface area contributed by atoms with Crippen LogP contribution in [-0.2, 0) is 11.3 Å². The first kappa shape index (κ1) is 13.1. The van der Waals surface area contributed by atoms with Gasteiger partial charge < -0.3 is 9.47 Å². The van der Waals surface area contributed by atoms with Crippen LogP contribution >= 0.6 is 0 Å². The van der Waals surface area contributed by atoms with E-state index in [1.807, 2.05) is 42.5 Å². The van der Waals surface area contributed by atoms with Crippen molar-refractivity contribution >= 4 is 0 Å². The highest BCUT2D eigenvalue weighted by Gasteiger charge is 2.01. The van der Waals surface area contributed by atoms with E-state index in [-0.39, 0.29) is 0 Å². The maximum atomic E-state index is 8.88. The van der Waals surface area contributed by atoms with Crippen LogP contribution in [0.3, 0.4) is 0 Å². The molecule has 0 unspecified atom stereocenters. The topological polar surface area (TPSA) is 55.1 Å². The summed E-state index contributed by atoms with van der Waals surface area (Å²) in [5.74, 6) is 0.824. The fourth-order valence-corrected chi connectivity index (χ4v) is 1.57. The third kappa shape index (κ3) is 4.09. The molecule has 1 aromatic carbocycles. The Morgan fingerprint density at radius 2 is 1.89 bits per heavy atom. The lowest BCUT2D eigenvalue weighted by molar-refractivity contribution is 0.0886. The molecule has 0 N–H and O–H groups in total. The van der Waals surface area contributed by atoms with Gasteiger partial charge in [-0.05, 0) is 18.2 Å². The molecule has 0 aliphatic heterocycles. The van der Waals surface area contributed by atoms with Crippen LogP contribution in [-0.4, -0.2) is 18.2 Å². The summed E-state index contributed by atoms with van der Waals surface area (Å²) in [6.07, 6.45) is 1.60. The largest absolute Gasteiger partial charge is 0.491 e. The standard InChI is InChI=1S/C15H14N2O2/c16-11-15-13(5-4-8-17-15)12-18-9-10-19-14-6-2-1-3-7-14/h1-8H,9-10,12H2. The Labute approximate surface area is 112 Å². The molecular formula is C15H14N2O2. The quantitative estimate of drug-likeness (QED) is 0.743. The molecule has 0 bridgehead atoms. The molecule has 4 nitrogen and oxygen atoms in total. The number of nitriles is 1. The lowest BCUT2D eigenvalue weighted by Crippen LogP contribution is -2.07. The summed E-state index contributed by atoms with van der Waals surface area (Å²) in [5, 5.41) is 8.88.